The van der Waals surface area contributed by atoms with Crippen LogP contribution in [0.15, 0.2) is 0 Å². The van der Waals surface area contributed by atoms with E-state index >= 15 is 0 Å². The highest BCUT2D eigenvalue weighted by molar-refractivity contribution is 5.69. The Hall–Kier alpha value is -1.14. The molecule has 0 aromatic heterocycles. The van der Waals surface area contributed by atoms with E-state index in [1.807, 2.05) is 6.92 Å². The van der Waals surface area contributed by atoms with Crippen LogP contribution in [0.4, 0.5) is 0 Å². The fourth-order valence-electron chi connectivity index (χ4n) is 1.07. The Kier molecular flexibility index (Phi) is 11.5. The van der Waals surface area contributed by atoms with Gasteiger partial charge in [0.05, 0.1) is 40.0 Å². The second-order valence-electron chi connectivity index (χ2n) is 3.52. The first-order chi connectivity index (χ1) is 8.70. The van der Waals surface area contributed by atoms with Crippen molar-refractivity contribution in [2.24, 2.45) is 0 Å². The quantitative estimate of drug-likeness (QED) is 0.407. The molecule has 0 saturated carbocycles. The Morgan fingerprint density at radius 2 is 1.44 bits per heavy atom. The van der Waals surface area contributed by atoms with Crippen molar-refractivity contribution in [2.45, 2.75) is 26.2 Å². The molecule has 0 atom stereocenters. The van der Waals surface area contributed by atoms with E-state index in [4.69, 9.17) is 14.2 Å². The van der Waals surface area contributed by atoms with E-state index in [1.165, 1.54) is 7.11 Å². The molecule has 0 radical (unpaired) electrons. The van der Waals surface area contributed by atoms with Gasteiger partial charge in [-0.25, -0.2) is 0 Å². The van der Waals surface area contributed by atoms with Crippen LogP contribution in [0.25, 0.3) is 0 Å². The number of ether oxygens (including phenoxy) is 4. The smallest absolute Gasteiger partial charge is 0.307 e. The molecule has 0 bridgehead atoms. The standard InChI is InChI=1S/C12H22O6/c1-3-4-12(14)18-10-9-17-8-7-16-6-5-11(13)15-2/h3-10H2,1-2H3. The Morgan fingerprint density at radius 3 is 2.06 bits per heavy atom. The second kappa shape index (κ2) is 12.3. The van der Waals surface area contributed by atoms with Crippen LogP contribution in [0, 0.1) is 0 Å². The third-order valence-corrected chi connectivity index (χ3v) is 2.00. The molecule has 0 amide bonds. The lowest BCUT2D eigenvalue weighted by atomic mass is 10.3. The molecule has 106 valence electrons. The molecule has 0 spiro atoms. The largest absolute Gasteiger partial charge is 0.469 e. The Labute approximate surface area is 108 Å². The molecular weight excluding hydrogens is 240 g/mol. The molecule has 0 aliphatic carbocycles. The lowest BCUT2D eigenvalue weighted by Gasteiger charge is -2.06. The van der Waals surface area contributed by atoms with Crippen LogP contribution in [0.1, 0.15) is 26.2 Å². The zero-order valence-electron chi connectivity index (χ0n) is 11.1. The van der Waals surface area contributed by atoms with Crippen LogP contribution in [-0.4, -0.2) is 52.1 Å². The van der Waals surface area contributed by atoms with Gasteiger partial charge in [-0.15, -0.1) is 0 Å². The maximum Gasteiger partial charge on any atom is 0.307 e. The number of esters is 2. The van der Waals surface area contributed by atoms with Gasteiger partial charge in [0, 0.05) is 6.42 Å². The van der Waals surface area contributed by atoms with E-state index in [0.29, 0.717) is 32.8 Å². The lowest BCUT2D eigenvalue weighted by Crippen LogP contribution is -2.13. The van der Waals surface area contributed by atoms with Crippen molar-refractivity contribution in [3.63, 3.8) is 0 Å². The summed E-state index contributed by atoms with van der Waals surface area (Å²) in [5, 5.41) is 0. The first kappa shape index (κ1) is 16.9. The van der Waals surface area contributed by atoms with E-state index in [9.17, 15) is 9.59 Å². The van der Waals surface area contributed by atoms with Gasteiger partial charge < -0.3 is 18.9 Å². The molecule has 6 heteroatoms. The zero-order chi connectivity index (χ0) is 13.6. The summed E-state index contributed by atoms with van der Waals surface area (Å²) in [6, 6.07) is 0. The van der Waals surface area contributed by atoms with E-state index < -0.39 is 0 Å². The second-order valence-corrected chi connectivity index (χ2v) is 3.52. The van der Waals surface area contributed by atoms with E-state index in [2.05, 4.69) is 4.74 Å². The van der Waals surface area contributed by atoms with Crippen molar-refractivity contribution < 1.29 is 28.5 Å². The lowest BCUT2D eigenvalue weighted by molar-refractivity contribution is -0.145. The molecule has 0 N–H and O–H groups in total. The van der Waals surface area contributed by atoms with Crippen molar-refractivity contribution >= 4 is 11.9 Å². The monoisotopic (exact) mass is 262 g/mol. The third kappa shape index (κ3) is 11.3. The maximum atomic E-state index is 11.0. The van der Waals surface area contributed by atoms with Gasteiger partial charge in [0.25, 0.3) is 0 Å². The normalized spacial score (nSPS) is 10.1. The number of methoxy groups -OCH3 is 1. The van der Waals surface area contributed by atoms with E-state index in [1.54, 1.807) is 0 Å². The van der Waals surface area contributed by atoms with Gasteiger partial charge >= 0.3 is 11.9 Å². The first-order valence-electron chi connectivity index (χ1n) is 6.08. The van der Waals surface area contributed by atoms with Crippen LogP contribution >= 0.6 is 0 Å². The summed E-state index contributed by atoms with van der Waals surface area (Å²) in [7, 11) is 1.34. The minimum absolute atomic E-state index is 0.199. The summed E-state index contributed by atoms with van der Waals surface area (Å²) in [5.41, 5.74) is 0. The van der Waals surface area contributed by atoms with Crippen molar-refractivity contribution in [3.8, 4) is 0 Å². The van der Waals surface area contributed by atoms with Gasteiger partial charge in [-0.05, 0) is 6.42 Å². The maximum absolute atomic E-state index is 11.0. The van der Waals surface area contributed by atoms with Gasteiger partial charge in [0.15, 0.2) is 0 Å². The SMILES string of the molecule is CCCC(=O)OCCOCCOCCC(=O)OC. The number of hydrogen-bond acceptors (Lipinski definition) is 6. The summed E-state index contributed by atoms with van der Waals surface area (Å²) in [5.74, 6) is -0.491. The molecule has 0 rings (SSSR count). The van der Waals surface area contributed by atoms with Crippen molar-refractivity contribution in [1.29, 1.82) is 0 Å². The summed E-state index contributed by atoms with van der Waals surface area (Å²) in [6.07, 6.45) is 1.47. The Morgan fingerprint density at radius 1 is 0.833 bits per heavy atom. The Bertz CT molecular complexity index is 229. The average Bonchev–Trinajstić information content (AvgIpc) is 2.36. The number of hydrogen-bond donors (Lipinski definition) is 0. The van der Waals surface area contributed by atoms with Crippen LogP contribution in [0.2, 0.25) is 0 Å². The van der Waals surface area contributed by atoms with Crippen molar-refractivity contribution in [1.82, 2.24) is 0 Å². The molecule has 6 nitrogen and oxygen atoms in total. The first-order valence-corrected chi connectivity index (χ1v) is 6.08. The molecule has 0 heterocycles. The van der Waals surface area contributed by atoms with E-state index in [0.717, 1.165) is 6.42 Å². The molecule has 0 aromatic rings. The number of rotatable bonds is 11. The molecule has 18 heavy (non-hydrogen) atoms. The molecule has 0 fully saturated rings. The van der Waals surface area contributed by atoms with Crippen LogP contribution in [-0.2, 0) is 28.5 Å². The van der Waals surface area contributed by atoms with Gasteiger partial charge in [0.1, 0.15) is 6.61 Å². The van der Waals surface area contributed by atoms with Crippen LogP contribution < -0.4 is 0 Å². The van der Waals surface area contributed by atoms with Gasteiger partial charge in [-0.2, -0.15) is 0 Å². The van der Waals surface area contributed by atoms with Crippen LogP contribution in [0.3, 0.4) is 0 Å². The molecule has 0 saturated heterocycles. The number of carbonyl (C=O) groups is 2. The summed E-state index contributed by atoms with van der Waals surface area (Å²) in [4.78, 5) is 21.7. The van der Waals surface area contributed by atoms with Gasteiger partial charge in [0.2, 0.25) is 0 Å². The summed E-state index contributed by atoms with van der Waals surface area (Å²) < 4.78 is 19.7. The van der Waals surface area contributed by atoms with Crippen LogP contribution in [0.5, 0.6) is 0 Å². The van der Waals surface area contributed by atoms with Crippen molar-refractivity contribution in [2.75, 3.05) is 40.1 Å². The minimum Gasteiger partial charge on any atom is -0.469 e. The highest BCUT2D eigenvalue weighted by atomic mass is 16.6. The Balaban J connectivity index is 3.12. The predicted molar refractivity (Wildman–Crippen MR) is 64.1 cm³/mol. The fourth-order valence-corrected chi connectivity index (χ4v) is 1.07. The highest BCUT2D eigenvalue weighted by Crippen LogP contribution is 1.91. The minimum atomic E-state index is -0.293. The van der Waals surface area contributed by atoms with Gasteiger partial charge in [-0.1, -0.05) is 6.92 Å². The summed E-state index contributed by atoms with van der Waals surface area (Å²) in [6.45, 7) is 3.67. The highest BCUT2D eigenvalue weighted by Gasteiger charge is 2.00. The zero-order valence-corrected chi connectivity index (χ0v) is 11.1. The predicted octanol–water partition coefficient (Wildman–Crippen LogP) is 0.926. The number of carbonyl (C=O) groups excluding carboxylic acids is 2. The third-order valence-electron chi connectivity index (χ3n) is 2.00. The molecule has 0 unspecified atom stereocenters. The fraction of sp³-hybridized carbons (Fsp3) is 0.833. The molecule has 0 aliphatic rings. The molecule has 0 aromatic carbocycles. The van der Waals surface area contributed by atoms with Gasteiger partial charge in [-0.3, -0.25) is 9.59 Å². The topological polar surface area (TPSA) is 71.1 Å². The van der Waals surface area contributed by atoms with E-state index in [-0.39, 0.29) is 25.0 Å². The molecular formula is C12H22O6. The van der Waals surface area contributed by atoms with Crippen molar-refractivity contribution in [3.05, 3.63) is 0 Å². The average molecular weight is 262 g/mol. The summed E-state index contributed by atoms with van der Waals surface area (Å²) >= 11 is 0. The molecule has 0 aliphatic heterocycles.